The highest BCUT2D eigenvalue weighted by molar-refractivity contribution is 6.19. The highest BCUT2D eigenvalue weighted by Crippen LogP contribution is 2.21. The van der Waals surface area contributed by atoms with Crippen LogP contribution in [0.4, 0.5) is 4.39 Å². The molecule has 2 N–H and O–H groups in total. The minimum atomic E-state index is -0.412. The van der Waals surface area contributed by atoms with Gasteiger partial charge in [-0.2, -0.15) is 0 Å². The molecule has 0 aliphatic rings. The third-order valence-corrected chi connectivity index (χ3v) is 4.57. The Morgan fingerprint density at radius 3 is 2.36 bits per heavy atom. The van der Waals surface area contributed by atoms with E-state index in [4.69, 9.17) is 4.74 Å². The molecule has 150 valence electrons. The first-order chi connectivity index (χ1) is 13.4. The molecule has 0 heterocycles. The fourth-order valence-corrected chi connectivity index (χ4v) is 2.92. The summed E-state index contributed by atoms with van der Waals surface area (Å²) in [5.41, 5.74) is 1.51. The molecule has 0 bridgehead atoms. The second-order valence-corrected chi connectivity index (χ2v) is 7.02. The van der Waals surface area contributed by atoms with Gasteiger partial charge in [0.15, 0.2) is 0 Å². The number of benzene rings is 2. The molecule has 0 aliphatic carbocycles. The molecule has 2 atom stereocenters. The quantitative estimate of drug-likeness (QED) is 0.448. The Hall–Kier alpha value is -2.82. The van der Waals surface area contributed by atoms with Gasteiger partial charge in [0.05, 0.1) is 24.5 Å². The normalized spacial score (nSPS) is 13.6. The lowest BCUT2D eigenvalue weighted by Gasteiger charge is -2.16. The van der Waals surface area contributed by atoms with E-state index in [2.05, 4.69) is 19.2 Å². The summed E-state index contributed by atoms with van der Waals surface area (Å²) in [6, 6.07) is 12.7. The predicted octanol–water partition coefficient (Wildman–Crippen LogP) is 5.42. The van der Waals surface area contributed by atoms with E-state index >= 15 is 0 Å². The van der Waals surface area contributed by atoms with E-state index in [9.17, 15) is 14.3 Å². The number of nitrogens with one attached hydrogen (secondary N) is 1. The van der Waals surface area contributed by atoms with E-state index in [0.29, 0.717) is 18.1 Å². The van der Waals surface area contributed by atoms with Gasteiger partial charge in [-0.25, -0.2) is 4.39 Å². The first-order valence-electron chi connectivity index (χ1n) is 9.58. The predicted molar refractivity (Wildman–Crippen MR) is 110 cm³/mol. The zero-order valence-corrected chi connectivity index (χ0v) is 16.6. The summed E-state index contributed by atoms with van der Waals surface area (Å²) in [6.45, 7) is 6.74. The van der Waals surface area contributed by atoms with E-state index in [1.807, 2.05) is 0 Å². The molecule has 2 aromatic carbocycles. The van der Waals surface area contributed by atoms with E-state index in [0.717, 1.165) is 30.4 Å². The Balaban J connectivity index is 1.99. The topological polar surface area (TPSA) is 58.6 Å². The van der Waals surface area contributed by atoms with Gasteiger partial charge in [-0.05, 0) is 54.7 Å². The minimum Gasteiger partial charge on any atom is -0.515 e. The number of aliphatic hydroxyl groups excluding tert-OH is 1. The number of rotatable bonds is 9. The van der Waals surface area contributed by atoms with Crippen LogP contribution < -0.4 is 10.1 Å². The molecule has 0 aromatic heterocycles. The number of hydrogen-bond acceptors (Lipinski definition) is 3. The second kappa shape index (κ2) is 10.5. The van der Waals surface area contributed by atoms with Crippen LogP contribution in [0.3, 0.4) is 0 Å². The highest BCUT2D eigenvalue weighted by Gasteiger charge is 2.16. The van der Waals surface area contributed by atoms with E-state index < -0.39 is 5.91 Å². The molecule has 1 amide bonds. The van der Waals surface area contributed by atoms with Crippen molar-refractivity contribution >= 4 is 11.5 Å². The number of amides is 1. The van der Waals surface area contributed by atoms with Gasteiger partial charge in [0.2, 0.25) is 0 Å². The molecule has 2 aromatic rings. The number of halogens is 1. The van der Waals surface area contributed by atoms with Crippen LogP contribution in [-0.2, 0) is 4.79 Å². The van der Waals surface area contributed by atoms with E-state index in [-0.39, 0.29) is 17.4 Å². The van der Waals surface area contributed by atoms with E-state index in [1.54, 1.807) is 43.3 Å². The van der Waals surface area contributed by atoms with Gasteiger partial charge >= 0.3 is 0 Å². The van der Waals surface area contributed by atoms with Crippen LogP contribution >= 0.6 is 0 Å². The third kappa shape index (κ3) is 6.12. The molecule has 0 unspecified atom stereocenters. The summed E-state index contributed by atoms with van der Waals surface area (Å²) in [4.78, 5) is 12.6. The number of aliphatic hydroxyl groups is 1. The van der Waals surface area contributed by atoms with Gasteiger partial charge in [0.1, 0.15) is 11.6 Å². The molecule has 0 fully saturated rings. The third-order valence-electron chi connectivity index (χ3n) is 4.57. The van der Waals surface area contributed by atoms with Gasteiger partial charge in [0.25, 0.3) is 5.91 Å². The first-order valence-corrected chi connectivity index (χ1v) is 9.58. The summed E-state index contributed by atoms with van der Waals surface area (Å²) in [7, 11) is 0. The molecule has 2 rings (SSSR count). The van der Waals surface area contributed by atoms with Crippen molar-refractivity contribution in [1.29, 1.82) is 0 Å². The first kappa shape index (κ1) is 21.5. The average Bonchev–Trinajstić information content (AvgIpc) is 2.68. The van der Waals surface area contributed by atoms with Crippen molar-refractivity contribution < 1.29 is 19.0 Å². The van der Waals surface area contributed by atoms with Gasteiger partial charge in [-0.1, -0.05) is 44.5 Å². The van der Waals surface area contributed by atoms with Crippen LogP contribution in [-0.4, -0.2) is 17.6 Å². The van der Waals surface area contributed by atoms with Gasteiger partial charge in [-0.15, -0.1) is 0 Å². The van der Waals surface area contributed by atoms with Crippen molar-refractivity contribution in [2.45, 2.75) is 39.7 Å². The van der Waals surface area contributed by atoms with Crippen molar-refractivity contribution in [2.24, 2.45) is 5.92 Å². The van der Waals surface area contributed by atoms with Crippen molar-refractivity contribution in [3.05, 3.63) is 71.7 Å². The monoisotopic (exact) mass is 385 g/mol. The summed E-state index contributed by atoms with van der Waals surface area (Å²) >= 11 is 0. The molecule has 0 radical (unpaired) electrons. The van der Waals surface area contributed by atoms with Crippen LogP contribution in [0.2, 0.25) is 0 Å². The van der Waals surface area contributed by atoms with Crippen molar-refractivity contribution in [3.8, 4) is 5.75 Å². The SMILES string of the molecule is CCC[C@H](C)COc1ccc(C(=CO)C(=O)N[C@H](C)c2ccc(F)cc2)cc1. The maximum atomic E-state index is 13.0. The maximum Gasteiger partial charge on any atom is 0.255 e. The van der Waals surface area contributed by atoms with Crippen LogP contribution in [0.15, 0.2) is 54.8 Å². The zero-order valence-electron chi connectivity index (χ0n) is 16.6. The zero-order chi connectivity index (χ0) is 20.5. The van der Waals surface area contributed by atoms with Gasteiger partial charge in [0, 0.05) is 0 Å². The minimum absolute atomic E-state index is 0.153. The lowest BCUT2D eigenvalue weighted by molar-refractivity contribution is -0.116. The Morgan fingerprint density at radius 2 is 1.79 bits per heavy atom. The molecule has 4 nitrogen and oxygen atoms in total. The number of carbonyl (C=O) groups excluding carboxylic acids is 1. The Labute approximate surface area is 166 Å². The lowest BCUT2D eigenvalue weighted by atomic mass is 10.0. The fourth-order valence-electron chi connectivity index (χ4n) is 2.92. The number of carbonyl (C=O) groups is 1. The molecular formula is C23H28FNO3. The van der Waals surface area contributed by atoms with Crippen molar-refractivity contribution in [2.75, 3.05) is 6.61 Å². The number of ether oxygens (including phenoxy) is 1. The van der Waals surface area contributed by atoms with Crippen LogP contribution in [0.25, 0.3) is 5.57 Å². The standard InChI is InChI=1S/C23H28FNO3/c1-4-5-16(2)15-28-21-12-8-19(9-13-21)22(14-26)23(27)25-17(3)18-6-10-20(24)11-7-18/h6-14,16-17,26H,4-5,15H2,1-3H3,(H,25,27)/t16-,17+/m0/s1. The Morgan fingerprint density at radius 1 is 1.14 bits per heavy atom. The highest BCUT2D eigenvalue weighted by atomic mass is 19.1. The molecule has 28 heavy (non-hydrogen) atoms. The molecule has 0 saturated carbocycles. The molecule has 0 aliphatic heterocycles. The summed E-state index contributed by atoms with van der Waals surface area (Å²) in [6.07, 6.45) is 3.04. The van der Waals surface area contributed by atoms with Crippen LogP contribution in [0.5, 0.6) is 5.75 Å². The molecule has 0 spiro atoms. The van der Waals surface area contributed by atoms with Crippen molar-refractivity contribution in [3.63, 3.8) is 0 Å². The number of hydrogen-bond donors (Lipinski definition) is 2. The summed E-state index contributed by atoms with van der Waals surface area (Å²) < 4.78 is 18.8. The smallest absolute Gasteiger partial charge is 0.255 e. The van der Waals surface area contributed by atoms with Crippen molar-refractivity contribution in [1.82, 2.24) is 5.32 Å². The Kier molecular flexibility index (Phi) is 8.05. The van der Waals surface area contributed by atoms with Gasteiger partial charge in [-0.3, -0.25) is 4.79 Å². The summed E-state index contributed by atoms with van der Waals surface area (Å²) in [5, 5.41) is 12.4. The summed E-state index contributed by atoms with van der Waals surface area (Å²) in [5.74, 6) is 0.467. The fraction of sp³-hybridized carbons (Fsp3) is 0.348. The average molecular weight is 385 g/mol. The van der Waals surface area contributed by atoms with Crippen LogP contribution in [0, 0.1) is 11.7 Å². The van der Waals surface area contributed by atoms with E-state index in [1.165, 1.54) is 12.1 Å². The largest absolute Gasteiger partial charge is 0.515 e. The second-order valence-electron chi connectivity index (χ2n) is 7.02. The molecular weight excluding hydrogens is 357 g/mol. The Bertz CT molecular complexity index is 784. The molecule has 0 saturated heterocycles. The van der Waals surface area contributed by atoms with Gasteiger partial charge < -0.3 is 15.2 Å². The molecule has 5 heteroatoms. The lowest BCUT2D eigenvalue weighted by Crippen LogP contribution is -2.27. The maximum absolute atomic E-state index is 13.0. The van der Waals surface area contributed by atoms with Crippen LogP contribution in [0.1, 0.15) is 50.8 Å².